The molecule has 0 fully saturated rings. The van der Waals surface area contributed by atoms with Crippen LogP contribution in [0.5, 0.6) is 5.75 Å². The number of fused-ring (bicyclic) bond motifs is 1. The molecule has 106 valence electrons. The average Bonchev–Trinajstić information content (AvgIpc) is 2.82. The van der Waals surface area contributed by atoms with Crippen LogP contribution in [0.3, 0.4) is 0 Å². The van der Waals surface area contributed by atoms with E-state index >= 15 is 0 Å². The van der Waals surface area contributed by atoms with Gasteiger partial charge in [0.05, 0.1) is 23.9 Å². The monoisotopic (exact) mass is 280 g/mol. The number of hydrogen-bond donors (Lipinski definition) is 2. The number of nitrogen functional groups attached to an aromatic ring is 1. The molecule has 0 radical (unpaired) electrons. The van der Waals surface area contributed by atoms with Gasteiger partial charge in [-0.2, -0.15) is 0 Å². The lowest BCUT2D eigenvalue weighted by Gasteiger charge is -2.10. The minimum atomic E-state index is -0.0888. The van der Waals surface area contributed by atoms with Crippen molar-refractivity contribution in [2.75, 3.05) is 12.8 Å². The van der Waals surface area contributed by atoms with E-state index in [1.807, 2.05) is 31.2 Å². The van der Waals surface area contributed by atoms with Crippen LogP contribution in [0.4, 0.5) is 5.69 Å². The second-order valence-corrected chi connectivity index (χ2v) is 4.93. The van der Waals surface area contributed by atoms with Crippen molar-refractivity contribution in [2.24, 2.45) is 0 Å². The Hall–Kier alpha value is -2.75. The molecule has 0 aliphatic heterocycles. The average molecular weight is 280 g/mol. The number of benzene rings is 2. The molecule has 0 aliphatic rings. The zero-order chi connectivity index (χ0) is 15.0. The van der Waals surface area contributed by atoms with Crippen LogP contribution in [-0.2, 0) is 0 Å². The highest BCUT2D eigenvalue weighted by Gasteiger charge is 2.21. The van der Waals surface area contributed by atoms with Gasteiger partial charge in [0.2, 0.25) is 0 Å². The molecule has 0 atom stereocenters. The van der Waals surface area contributed by atoms with E-state index < -0.39 is 0 Å². The Morgan fingerprint density at radius 2 is 1.90 bits per heavy atom. The standard InChI is InChI=1S/C17H16N2O2/c1-10-15(11-6-3-4-9-14(11)19-10)16(20)12-7-5-8-13(18)17(12)21-2/h3-9,19H,18H2,1-2H3. The van der Waals surface area contributed by atoms with E-state index in [2.05, 4.69) is 4.98 Å². The Morgan fingerprint density at radius 3 is 2.67 bits per heavy atom. The molecule has 3 aromatic rings. The minimum absolute atomic E-state index is 0.0888. The summed E-state index contributed by atoms with van der Waals surface area (Å²) in [6, 6.07) is 13.0. The van der Waals surface area contributed by atoms with Crippen LogP contribution in [0, 0.1) is 6.92 Å². The molecule has 0 unspecified atom stereocenters. The van der Waals surface area contributed by atoms with Crippen LogP contribution in [0.15, 0.2) is 42.5 Å². The van der Waals surface area contributed by atoms with Gasteiger partial charge in [-0.3, -0.25) is 4.79 Å². The summed E-state index contributed by atoms with van der Waals surface area (Å²) in [7, 11) is 1.52. The molecule has 1 aromatic heterocycles. The molecule has 0 saturated carbocycles. The van der Waals surface area contributed by atoms with Crippen LogP contribution in [0.2, 0.25) is 0 Å². The van der Waals surface area contributed by atoms with Crippen molar-refractivity contribution in [3.05, 3.63) is 59.3 Å². The summed E-state index contributed by atoms with van der Waals surface area (Å²) in [4.78, 5) is 16.2. The number of aryl methyl sites for hydroxylation is 1. The number of carbonyl (C=O) groups is 1. The number of aromatic nitrogens is 1. The van der Waals surface area contributed by atoms with Gasteiger partial charge in [-0.25, -0.2) is 0 Å². The van der Waals surface area contributed by atoms with Gasteiger partial charge in [0.1, 0.15) is 0 Å². The molecule has 0 aliphatic carbocycles. The van der Waals surface area contributed by atoms with Gasteiger partial charge in [-0.05, 0) is 25.1 Å². The molecule has 0 amide bonds. The summed E-state index contributed by atoms with van der Waals surface area (Å²) >= 11 is 0. The number of nitrogens with one attached hydrogen (secondary N) is 1. The van der Waals surface area contributed by atoms with Crippen molar-refractivity contribution in [3.63, 3.8) is 0 Å². The van der Waals surface area contributed by atoms with E-state index in [-0.39, 0.29) is 5.78 Å². The quantitative estimate of drug-likeness (QED) is 0.571. The van der Waals surface area contributed by atoms with Gasteiger partial charge in [-0.1, -0.05) is 24.3 Å². The number of nitrogens with two attached hydrogens (primary N) is 1. The SMILES string of the molecule is COc1c(N)cccc1C(=O)c1c(C)[nH]c2ccccc12. The predicted molar refractivity (Wildman–Crippen MR) is 83.9 cm³/mol. The highest BCUT2D eigenvalue weighted by atomic mass is 16.5. The highest BCUT2D eigenvalue weighted by Crippen LogP contribution is 2.31. The van der Waals surface area contributed by atoms with E-state index in [0.29, 0.717) is 22.6 Å². The van der Waals surface area contributed by atoms with Gasteiger partial charge in [0.25, 0.3) is 0 Å². The number of rotatable bonds is 3. The second-order valence-electron chi connectivity index (χ2n) is 4.93. The first-order chi connectivity index (χ1) is 10.1. The normalized spacial score (nSPS) is 10.8. The summed E-state index contributed by atoms with van der Waals surface area (Å²) in [5, 5.41) is 0.907. The van der Waals surface area contributed by atoms with E-state index in [9.17, 15) is 4.79 Å². The zero-order valence-corrected chi connectivity index (χ0v) is 11.9. The smallest absolute Gasteiger partial charge is 0.199 e. The fraction of sp³-hybridized carbons (Fsp3) is 0.118. The third-order valence-electron chi connectivity index (χ3n) is 3.61. The Kier molecular flexibility index (Phi) is 3.14. The van der Waals surface area contributed by atoms with Gasteiger partial charge < -0.3 is 15.5 Å². The molecule has 3 N–H and O–H groups in total. The van der Waals surface area contributed by atoms with Crippen LogP contribution in [0.1, 0.15) is 21.6 Å². The number of aromatic amines is 1. The first-order valence-electron chi connectivity index (χ1n) is 6.68. The number of hydrogen-bond acceptors (Lipinski definition) is 3. The zero-order valence-electron chi connectivity index (χ0n) is 11.9. The highest BCUT2D eigenvalue weighted by molar-refractivity contribution is 6.19. The number of ether oxygens (including phenoxy) is 1. The number of para-hydroxylation sites is 2. The lowest BCUT2D eigenvalue weighted by Crippen LogP contribution is -2.06. The maximum atomic E-state index is 12.9. The largest absolute Gasteiger partial charge is 0.494 e. The van der Waals surface area contributed by atoms with Gasteiger partial charge in [-0.15, -0.1) is 0 Å². The van der Waals surface area contributed by atoms with Crippen molar-refractivity contribution < 1.29 is 9.53 Å². The second kappa shape index (κ2) is 4.98. The van der Waals surface area contributed by atoms with Crippen molar-refractivity contribution in [2.45, 2.75) is 6.92 Å². The fourth-order valence-corrected chi connectivity index (χ4v) is 2.67. The van der Waals surface area contributed by atoms with E-state index in [0.717, 1.165) is 16.6 Å². The van der Waals surface area contributed by atoms with E-state index in [1.165, 1.54) is 7.11 Å². The summed E-state index contributed by atoms with van der Waals surface area (Å²) in [5.41, 5.74) is 9.27. The van der Waals surface area contributed by atoms with Crippen LogP contribution in [-0.4, -0.2) is 17.9 Å². The van der Waals surface area contributed by atoms with Gasteiger partial charge >= 0.3 is 0 Å². The number of methoxy groups -OCH3 is 1. The number of carbonyl (C=O) groups excluding carboxylic acids is 1. The third kappa shape index (κ3) is 2.05. The maximum absolute atomic E-state index is 12.9. The lowest BCUT2D eigenvalue weighted by atomic mass is 9.99. The van der Waals surface area contributed by atoms with Crippen molar-refractivity contribution in [1.29, 1.82) is 0 Å². The first kappa shape index (κ1) is 13.2. The van der Waals surface area contributed by atoms with E-state index in [1.54, 1.807) is 18.2 Å². The van der Waals surface area contributed by atoms with Crippen molar-refractivity contribution in [3.8, 4) is 5.75 Å². The first-order valence-corrected chi connectivity index (χ1v) is 6.68. The molecule has 4 nitrogen and oxygen atoms in total. The molecule has 1 heterocycles. The molecule has 0 bridgehead atoms. The third-order valence-corrected chi connectivity index (χ3v) is 3.61. The Morgan fingerprint density at radius 1 is 1.14 bits per heavy atom. The Balaban J connectivity index is 2.22. The fourth-order valence-electron chi connectivity index (χ4n) is 2.67. The molecule has 21 heavy (non-hydrogen) atoms. The predicted octanol–water partition coefficient (Wildman–Crippen LogP) is 3.30. The van der Waals surface area contributed by atoms with Crippen molar-refractivity contribution >= 4 is 22.4 Å². The summed E-state index contributed by atoms with van der Waals surface area (Å²) in [6.07, 6.45) is 0. The lowest BCUT2D eigenvalue weighted by molar-refractivity contribution is 0.103. The van der Waals surface area contributed by atoms with Gasteiger partial charge in [0, 0.05) is 16.6 Å². The number of H-pyrrole nitrogens is 1. The molecule has 0 spiro atoms. The minimum Gasteiger partial charge on any atom is -0.494 e. The van der Waals surface area contributed by atoms with Crippen molar-refractivity contribution in [1.82, 2.24) is 4.98 Å². The summed E-state index contributed by atoms with van der Waals surface area (Å²) in [5.74, 6) is 0.335. The van der Waals surface area contributed by atoms with Crippen LogP contribution >= 0.6 is 0 Å². The molecule has 4 heteroatoms. The number of anilines is 1. The van der Waals surface area contributed by atoms with Crippen LogP contribution in [0.25, 0.3) is 10.9 Å². The topological polar surface area (TPSA) is 68.1 Å². The maximum Gasteiger partial charge on any atom is 0.199 e. The van der Waals surface area contributed by atoms with Crippen LogP contribution < -0.4 is 10.5 Å². The summed E-state index contributed by atoms with van der Waals surface area (Å²) < 4.78 is 5.29. The van der Waals surface area contributed by atoms with Gasteiger partial charge in [0.15, 0.2) is 11.5 Å². The number of ketones is 1. The molecular weight excluding hydrogens is 264 g/mol. The molecule has 2 aromatic carbocycles. The molecule has 3 rings (SSSR count). The Labute approximate surface area is 122 Å². The molecule has 0 saturated heterocycles. The summed E-state index contributed by atoms with van der Waals surface area (Å²) in [6.45, 7) is 1.89. The Bertz CT molecular complexity index is 834. The van der Waals surface area contributed by atoms with E-state index in [4.69, 9.17) is 10.5 Å². The molecular formula is C17H16N2O2.